The number of hydrogen-bond donors (Lipinski definition) is 2. The zero-order valence-electron chi connectivity index (χ0n) is 17.0. The maximum atomic E-state index is 6.17. The van der Waals surface area contributed by atoms with Crippen molar-refractivity contribution >= 4 is 5.96 Å². The molecule has 7 heteroatoms. The lowest BCUT2D eigenvalue weighted by molar-refractivity contribution is 0.140. The molecule has 1 atom stereocenters. The average molecular weight is 386 g/mol. The van der Waals surface area contributed by atoms with Crippen molar-refractivity contribution in [3.05, 3.63) is 46.8 Å². The van der Waals surface area contributed by atoms with E-state index in [1.165, 1.54) is 5.56 Å². The summed E-state index contributed by atoms with van der Waals surface area (Å²) in [6.45, 7) is 9.42. The number of rotatable bonds is 8. The standard InChI is InChI=1S/C21H30N4O3/c1-4-17-11-19(28-25-17)13-24-21(22-5-2)23-12-16-7-6-15(3)10-20(16)27-18-8-9-26-14-18/h6-7,10-11,18H,4-5,8-9,12-14H2,1-3H3,(H2,22,23,24). The van der Waals surface area contributed by atoms with Crippen molar-refractivity contribution in [2.24, 2.45) is 4.99 Å². The fourth-order valence-electron chi connectivity index (χ4n) is 2.97. The van der Waals surface area contributed by atoms with E-state index in [1.807, 2.05) is 13.0 Å². The third-order valence-electron chi connectivity index (χ3n) is 4.56. The molecule has 1 aliphatic heterocycles. The number of aliphatic imine (C=N–C) groups is 1. The zero-order valence-corrected chi connectivity index (χ0v) is 17.0. The number of aromatic nitrogens is 1. The molecule has 1 unspecified atom stereocenters. The highest BCUT2D eigenvalue weighted by atomic mass is 16.5. The first kappa shape index (κ1) is 20.2. The highest BCUT2D eigenvalue weighted by Crippen LogP contribution is 2.24. The van der Waals surface area contributed by atoms with E-state index >= 15 is 0 Å². The van der Waals surface area contributed by atoms with E-state index < -0.39 is 0 Å². The molecule has 0 bridgehead atoms. The summed E-state index contributed by atoms with van der Waals surface area (Å²) in [5.41, 5.74) is 3.18. The van der Waals surface area contributed by atoms with Crippen molar-refractivity contribution in [2.75, 3.05) is 19.8 Å². The van der Waals surface area contributed by atoms with E-state index in [1.54, 1.807) is 0 Å². The molecule has 1 aromatic carbocycles. The monoisotopic (exact) mass is 386 g/mol. The molecule has 152 valence electrons. The molecule has 7 nitrogen and oxygen atoms in total. The molecule has 1 aliphatic rings. The highest BCUT2D eigenvalue weighted by molar-refractivity contribution is 5.79. The summed E-state index contributed by atoms with van der Waals surface area (Å²) in [7, 11) is 0. The van der Waals surface area contributed by atoms with Gasteiger partial charge in [0.05, 0.1) is 32.0 Å². The van der Waals surface area contributed by atoms with Crippen LogP contribution in [0, 0.1) is 6.92 Å². The third kappa shape index (κ3) is 5.73. The zero-order chi connectivity index (χ0) is 19.8. The van der Waals surface area contributed by atoms with Crippen LogP contribution in [-0.2, 0) is 24.2 Å². The van der Waals surface area contributed by atoms with Gasteiger partial charge in [0, 0.05) is 24.6 Å². The van der Waals surface area contributed by atoms with Crippen molar-refractivity contribution in [1.29, 1.82) is 0 Å². The van der Waals surface area contributed by atoms with Crippen LogP contribution in [0.15, 0.2) is 33.8 Å². The Balaban J connectivity index is 1.65. The van der Waals surface area contributed by atoms with Gasteiger partial charge in [-0.05, 0) is 31.9 Å². The van der Waals surface area contributed by atoms with E-state index in [0.717, 1.165) is 54.7 Å². The summed E-state index contributed by atoms with van der Waals surface area (Å²) in [5, 5.41) is 10.6. The number of ether oxygens (including phenoxy) is 2. The summed E-state index contributed by atoms with van der Waals surface area (Å²) in [4.78, 5) is 4.71. The van der Waals surface area contributed by atoms with E-state index in [4.69, 9.17) is 19.0 Å². The van der Waals surface area contributed by atoms with Gasteiger partial charge in [0.2, 0.25) is 0 Å². The van der Waals surface area contributed by atoms with Gasteiger partial charge >= 0.3 is 0 Å². The molecule has 0 amide bonds. The van der Waals surface area contributed by atoms with E-state index in [2.05, 4.69) is 47.8 Å². The Morgan fingerprint density at radius 3 is 2.89 bits per heavy atom. The lowest BCUT2D eigenvalue weighted by Gasteiger charge is -2.16. The Kier molecular flexibility index (Phi) is 7.31. The molecule has 1 saturated heterocycles. The van der Waals surface area contributed by atoms with Crippen LogP contribution in [0.25, 0.3) is 0 Å². The summed E-state index contributed by atoms with van der Waals surface area (Å²) < 4.78 is 16.9. The van der Waals surface area contributed by atoms with Crippen molar-refractivity contribution in [3.8, 4) is 5.75 Å². The number of nitrogens with one attached hydrogen (secondary N) is 2. The second-order valence-corrected chi connectivity index (χ2v) is 6.90. The van der Waals surface area contributed by atoms with Gasteiger partial charge in [-0.15, -0.1) is 0 Å². The number of benzene rings is 1. The van der Waals surface area contributed by atoms with Gasteiger partial charge < -0.3 is 24.6 Å². The predicted molar refractivity (Wildman–Crippen MR) is 109 cm³/mol. The quantitative estimate of drug-likeness (QED) is 0.536. The van der Waals surface area contributed by atoms with Crippen LogP contribution in [0.5, 0.6) is 5.75 Å². The first-order valence-corrected chi connectivity index (χ1v) is 9.98. The summed E-state index contributed by atoms with van der Waals surface area (Å²) in [5.74, 6) is 2.41. The number of hydrogen-bond acceptors (Lipinski definition) is 5. The molecule has 3 rings (SSSR count). The largest absolute Gasteiger partial charge is 0.488 e. The Morgan fingerprint density at radius 2 is 2.18 bits per heavy atom. The molecule has 0 radical (unpaired) electrons. The lowest BCUT2D eigenvalue weighted by Crippen LogP contribution is -2.36. The Morgan fingerprint density at radius 1 is 1.29 bits per heavy atom. The molecular weight excluding hydrogens is 356 g/mol. The van der Waals surface area contributed by atoms with Crippen molar-refractivity contribution in [1.82, 2.24) is 15.8 Å². The van der Waals surface area contributed by atoms with Crippen molar-refractivity contribution in [2.45, 2.75) is 52.8 Å². The lowest BCUT2D eigenvalue weighted by atomic mass is 10.1. The molecule has 1 fully saturated rings. The smallest absolute Gasteiger partial charge is 0.191 e. The van der Waals surface area contributed by atoms with Crippen molar-refractivity contribution in [3.63, 3.8) is 0 Å². The van der Waals surface area contributed by atoms with Gasteiger partial charge in [-0.2, -0.15) is 0 Å². The van der Waals surface area contributed by atoms with Crippen LogP contribution in [0.1, 0.15) is 42.8 Å². The fraction of sp³-hybridized carbons (Fsp3) is 0.524. The third-order valence-corrected chi connectivity index (χ3v) is 4.56. The molecule has 0 spiro atoms. The summed E-state index contributed by atoms with van der Waals surface area (Å²) >= 11 is 0. The molecule has 0 aliphatic carbocycles. The number of guanidine groups is 1. The fourth-order valence-corrected chi connectivity index (χ4v) is 2.97. The Labute approximate surface area is 166 Å². The molecule has 2 N–H and O–H groups in total. The summed E-state index contributed by atoms with van der Waals surface area (Å²) in [6, 6.07) is 8.21. The first-order valence-electron chi connectivity index (χ1n) is 9.98. The molecule has 0 saturated carbocycles. The minimum absolute atomic E-state index is 0.120. The molecular formula is C21H30N4O3. The van der Waals surface area contributed by atoms with Gasteiger partial charge in [-0.1, -0.05) is 24.2 Å². The average Bonchev–Trinajstić information content (AvgIpc) is 3.37. The minimum Gasteiger partial charge on any atom is -0.488 e. The van der Waals surface area contributed by atoms with E-state index in [0.29, 0.717) is 19.7 Å². The number of nitrogens with zero attached hydrogens (tertiary/aromatic N) is 2. The van der Waals surface area contributed by atoms with Crippen LogP contribution in [0.4, 0.5) is 0 Å². The van der Waals surface area contributed by atoms with Crippen molar-refractivity contribution < 1.29 is 14.0 Å². The second kappa shape index (κ2) is 10.1. The molecule has 2 heterocycles. The highest BCUT2D eigenvalue weighted by Gasteiger charge is 2.18. The second-order valence-electron chi connectivity index (χ2n) is 6.90. The maximum Gasteiger partial charge on any atom is 0.191 e. The van der Waals surface area contributed by atoms with Crippen LogP contribution in [0.3, 0.4) is 0 Å². The van der Waals surface area contributed by atoms with Gasteiger partial charge in [0.25, 0.3) is 0 Å². The normalized spacial score (nSPS) is 17.0. The Bertz CT molecular complexity index is 782. The van der Waals surface area contributed by atoms with E-state index in [-0.39, 0.29) is 6.10 Å². The number of aryl methyl sites for hydroxylation is 2. The van der Waals surface area contributed by atoms with Gasteiger partial charge in [-0.25, -0.2) is 4.99 Å². The van der Waals surface area contributed by atoms with E-state index in [9.17, 15) is 0 Å². The first-order chi connectivity index (χ1) is 13.7. The summed E-state index contributed by atoms with van der Waals surface area (Å²) in [6.07, 6.45) is 1.91. The predicted octanol–water partition coefficient (Wildman–Crippen LogP) is 2.97. The minimum atomic E-state index is 0.120. The SMILES string of the molecule is CCNC(=NCc1ccc(C)cc1OC1CCOC1)NCc1cc(CC)no1. The maximum absolute atomic E-state index is 6.17. The molecule has 2 aromatic rings. The topological polar surface area (TPSA) is 80.9 Å². The van der Waals surface area contributed by atoms with Gasteiger partial charge in [-0.3, -0.25) is 0 Å². The van der Waals surface area contributed by atoms with Gasteiger partial charge in [0.15, 0.2) is 11.7 Å². The molecule has 1 aromatic heterocycles. The van der Waals surface area contributed by atoms with Crippen LogP contribution in [-0.4, -0.2) is 37.0 Å². The molecule has 28 heavy (non-hydrogen) atoms. The van der Waals surface area contributed by atoms with Crippen LogP contribution >= 0.6 is 0 Å². The van der Waals surface area contributed by atoms with Crippen LogP contribution in [0.2, 0.25) is 0 Å². The van der Waals surface area contributed by atoms with Gasteiger partial charge in [0.1, 0.15) is 11.9 Å². The Hall–Kier alpha value is -2.54. The van der Waals surface area contributed by atoms with Crippen LogP contribution < -0.4 is 15.4 Å².